The van der Waals surface area contributed by atoms with Gasteiger partial charge in [0.25, 0.3) is 0 Å². The van der Waals surface area contributed by atoms with Gasteiger partial charge in [-0.3, -0.25) is 0 Å². The molecule has 0 spiro atoms. The highest BCUT2D eigenvalue weighted by molar-refractivity contribution is 5.89. The molecular formula is C19H12N4O3. The van der Waals surface area contributed by atoms with Crippen LogP contribution in [0.2, 0.25) is 0 Å². The van der Waals surface area contributed by atoms with Gasteiger partial charge in [0.15, 0.2) is 11.3 Å². The Morgan fingerprint density at radius 3 is 2.38 bits per heavy atom. The smallest absolute Gasteiger partial charge is 0.337 e. The molecular weight excluding hydrogens is 332 g/mol. The predicted molar refractivity (Wildman–Crippen MR) is 91.8 cm³/mol. The maximum Gasteiger partial charge on any atom is 0.337 e. The van der Waals surface area contributed by atoms with Crippen LogP contribution in [0.3, 0.4) is 0 Å². The third kappa shape index (κ3) is 4.17. The van der Waals surface area contributed by atoms with E-state index >= 15 is 0 Å². The van der Waals surface area contributed by atoms with Gasteiger partial charge in [0, 0.05) is 0 Å². The van der Waals surface area contributed by atoms with Crippen molar-refractivity contribution in [1.29, 1.82) is 15.8 Å². The van der Waals surface area contributed by atoms with Crippen molar-refractivity contribution in [3.63, 3.8) is 0 Å². The van der Waals surface area contributed by atoms with Crippen LogP contribution in [0.1, 0.15) is 10.4 Å². The van der Waals surface area contributed by atoms with Crippen LogP contribution in [0.25, 0.3) is 0 Å². The second-order valence-electron chi connectivity index (χ2n) is 4.83. The van der Waals surface area contributed by atoms with E-state index in [1.54, 1.807) is 60.7 Å². The van der Waals surface area contributed by atoms with Crippen LogP contribution in [-0.2, 0) is 4.74 Å². The lowest BCUT2D eigenvalue weighted by Crippen LogP contribution is -2.03. The lowest BCUT2D eigenvalue weighted by molar-refractivity contribution is 0.0600. The SMILES string of the molecule is COC(=O)c1cccc(Oc2ccccc2NC(C#N)=C(C#N)C#N)c1. The summed E-state index contributed by atoms with van der Waals surface area (Å²) in [5.74, 6) is 0.229. The fourth-order valence-electron chi connectivity index (χ4n) is 2.01. The van der Waals surface area contributed by atoms with Crippen LogP contribution in [0.5, 0.6) is 11.5 Å². The Morgan fingerprint density at radius 2 is 1.73 bits per heavy atom. The number of nitrogens with zero attached hydrogens (tertiary/aromatic N) is 3. The molecule has 0 fully saturated rings. The highest BCUT2D eigenvalue weighted by Gasteiger charge is 2.11. The first-order valence-electron chi connectivity index (χ1n) is 7.29. The summed E-state index contributed by atoms with van der Waals surface area (Å²) in [6.45, 7) is 0. The number of benzene rings is 2. The lowest BCUT2D eigenvalue weighted by atomic mass is 10.2. The first-order chi connectivity index (χ1) is 12.6. The number of methoxy groups -OCH3 is 1. The van der Waals surface area contributed by atoms with Crippen molar-refractivity contribution in [1.82, 2.24) is 0 Å². The summed E-state index contributed by atoms with van der Waals surface area (Å²) in [5, 5.41) is 29.7. The zero-order chi connectivity index (χ0) is 18.9. The summed E-state index contributed by atoms with van der Waals surface area (Å²) in [5.41, 5.74) is 0.184. The second kappa shape index (κ2) is 8.54. The van der Waals surface area contributed by atoms with E-state index in [1.807, 2.05) is 0 Å². The topological polar surface area (TPSA) is 119 Å². The maximum absolute atomic E-state index is 11.6. The van der Waals surface area contributed by atoms with Gasteiger partial charge in [0.05, 0.1) is 18.4 Å². The Kier molecular flexibility index (Phi) is 5.93. The minimum absolute atomic E-state index is 0.186. The van der Waals surface area contributed by atoms with Crippen LogP contribution in [-0.4, -0.2) is 13.1 Å². The highest BCUT2D eigenvalue weighted by atomic mass is 16.5. The largest absolute Gasteiger partial charge is 0.465 e. The number of carbonyl (C=O) groups is 1. The van der Waals surface area contributed by atoms with Gasteiger partial charge in [-0.25, -0.2) is 4.79 Å². The van der Waals surface area contributed by atoms with Crippen LogP contribution in [0.15, 0.2) is 59.8 Å². The molecule has 1 N–H and O–H groups in total. The summed E-state index contributed by atoms with van der Waals surface area (Å²) in [4.78, 5) is 11.6. The number of anilines is 1. The molecule has 0 radical (unpaired) electrons. The molecule has 0 aliphatic heterocycles. The Labute approximate surface area is 149 Å². The van der Waals surface area contributed by atoms with E-state index < -0.39 is 5.97 Å². The molecule has 126 valence electrons. The van der Waals surface area contributed by atoms with Crippen molar-refractivity contribution in [3.05, 3.63) is 65.4 Å². The van der Waals surface area contributed by atoms with Gasteiger partial charge >= 0.3 is 5.97 Å². The molecule has 26 heavy (non-hydrogen) atoms. The summed E-state index contributed by atoms with van der Waals surface area (Å²) < 4.78 is 10.4. The lowest BCUT2D eigenvalue weighted by Gasteiger charge is -2.12. The quantitative estimate of drug-likeness (QED) is 0.651. The summed E-state index contributed by atoms with van der Waals surface area (Å²) in [6, 6.07) is 18.2. The Morgan fingerprint density at radius 1 is 1.00 bits per heavy atom. The third-order valence-corrected chi connectivity index (χ3v) is 3.22. The van der Waals surface area contributed by atoms with E-state index in [-0.39, 0.29) is 11.3 Å². The average molecular weight is 344 g/mol. The van der Waals surface area contributed by atoms with Crippen molar-refractivity contribution < 1.29 is 14.3 Å². The minimum atomic E-state index is -0.496. The molecule has 0 saturated heterocycles. The van der Waals surface area contributed by atoms with E-state index in [2.05, 4.69) is 10.1 Å². The number of ether oxygens (including phenoxy) is 2. The number of nitrogens with one attached hydrogen (secondary N) is 1. The van der Waals surface area contributed by atoms with Gasteiger partial charge in [-0.2, -0.15) is 15.8 Å². The minimum Gasteiger partial charge on any atom is -0.465 e. The number of nitriles is 3. The standard InChI is InChI=1S/C19H12N4O3/c1-25-19(24)13-5-4-6-15(9-13)26-18-8-3-2-7-16(18)23-17(12-22)14(10-20)11-21/h2-9,23H,1H3. The number of para-hydroxylation sites is 2. The Bertz CT molecular complexity index is 975. The first kappa shape index (κ1) is 18.1. The second-order valence-corrected chi connectivity index (χ2v) is 4.83. The summed E-state index contributed by atoms with van der Waals surface area (Å²) >= 11 is 0. The van der Waals surface area contributed by atoms with Crippen molar-refractivity contribution >= 4 is 11.7 Å². The molecule has 0 amide bonds. The van der Waals surface area contributed by atoms with E-state index in [0.717, 1.165) is 0 Å². The molecule has 0 unspecified atom stereocenters. The van der Waals surface area contributed by atoms with Gasteiger partial charge in [-0.05, 0) is 30.3 Å². The van der Waals surface area contributed by atoms with Crippen LogP contribution < -0.4 is 10.1 Å². The molecule has 0 bridgehead atoms. The fourth-order valence-corrected chi connectivity index (χ4v) is 2.01. The van der Waals surface area contributed by atoms with Gasteiger partial charge in [-0.1, -0.05) is 18.2 Å². The highest BCUT2D eigenvalue weighted by Crippen LogP contribution is 2.31. The zero-order valence-corrected chi connectivity index (χ0v) is 13.7. The van der Waals surface area contributed by atoms with Crippen molar-refractivity contribution in [2.24, 2.45) is 0 Å². The number of allylic oxidation sites excluding steroid dienone is 2. The summed E-state index contributed by atoms with van der Waals surface area (Å²) in [6.07, 6.45) is 0. The molecule has 2 rings (SSSR count). The van der Waals surface area contributed by atoms with Crippen LogP contribution >= 0.6 is 0 Å². The van der Waals surface area contributed by atoms with Gasteiger partial charge in [-0.15, -0.1) is 0 Å². The molecule has 2 aromatic rings. The molecule has 7 nitrogen and oxygen atoms in total. The number of hydrogen-bond donors (Lipinski definition) is 1. The molecule has 0 aliphatic carbocycles. The normalized spacial score (nSPS) is 9.00. The fraction of sp³-hybridized carbons (Fsp3) is 0.0526. The molecule has 0 atom stereocenters. The average Bonchev–Trinajstić information content (AvgIpc) is 2.68. The monoisotopic (exact) mass is 344 g/mol. The van der Waals surface area contributed by atoms with Gasteiger partial charge < -0.3 is 14.8 Å². The van der Waals surface area contributed by atoms with Gasteiger partial charge in [0.1, 0.15) is 29.7 Å². The predicted octanol–water partition coefficient (Wildman–Crippen LogP) is 3.50. The van der Waals surface area contributed by atoms with E-state index in [4.69, 9.17) is 20.5 Å². The van der Waals surface area contributed by atoms with E-state index in [9.17, 15) is 4.79 Å². The molecule has 0 heterocycles. The molecule has 0 saturated carbocycles. The third-order valence-electron chi connectivity index (χ3n) is 3.22. The van der Waals surface area contributed by atoms with Gasteiger partial charge in [0.2, 0.25) is 0 Å². The zero-order valence-electron chi connectivity index (χ0n) is 13.7. The molecule has 0 aromatic heterocycles. The van der Waals surface area contributed by atoms with Crippen molar-refractivity contribution in [2.75, 3.05) is 12.4 Å². The number of carbonyl (C=O) groups excluding carboxylic acids is 1. The summed E-state index contributed by atoms with van der Waals surface area (Å²) in [7, 11) is 1.28. The number of rotatable bonds is 5. The van der Waals surface area contributed by atoms with Crippen LogP contribution in [0, 0.1) is 34.0 Å². The molecule has 7 heteroatoms. The molecule has 0 aliphatic rings. The Balaban J connectivity index is 2.35. The number of esters is 1. The van der Waals surface area contributed by atoms with E-state index in [1.165, 1.54) is 13.2 Å². The maximum atomic E-state index is 11.6. The van der Waals surface area contributed by atoms with Crippen molar-refractivity contribution in [2.45, 2.75) is 0 Å². The Hall–Kier alpha value is -4.28. The van der Waals surface area contributed by atoms with Crippen LogP contribution in [0.4, 0.5) is 5.69 Å². The number of hydrogen-bond acceptors (Lipinski definition) is 7. The van der Waals surface area contributed by atoms with Crippen molar-refractivity contribution in [3.8, 4) is 29.7 Å². The first-order valence-corrected chi connectivity index (χ1v) is 7.29. The van der Waals surface area contributed by atoms with E-state index in [0.29, 0.717) is 22.7 Å². The molecule has 2 aromatic carbocycles.